The molecule has 1 fully saturated rings. The Morgan fingerprint density at radius 2 is 1.95 bits per heavy atom. The third kappa shape index (κ3) is 2.57. The zero-order valence-corrected chi connectivity index (χ0v) is 12.5. The zero-order valence-electron chi connectivity index (χ0n) is 11.8. The smallest absolute Gasteiger partial charge is 0.138 e. The molecular formula is C15H18ClN3O2. The fraction of sp³-hybridized carbons (Fsp3) is 0.467. The van der Waals surface area contributed by atoms with Gasteiger partial charge in [0.2, 0.25) is 0 Å². The molecule has 1 aromatic heterocycles. The topological polar surface area (TPSA) is 71.2 Å². The standard InChI is InChI=1S/C15H18ClN3O2/c1-14(20,11-2-3-11)15(21,8-19-10-17-9-18-19)12-4-6-13(16)7-5-12/h4-7,9-11,20-21H,2-3,8H2,1H3/t14-,15+/m1/s1. The summed E-state index contributed by atoms with van der Waals surface area (Å²) in [4.78, 5) is 3.89. The SMILES string of the molecule is C[C@@](O)(C1CC1)[C@](O)(Cn1cncn1)c1ccc(Cl)cc1. The highest BCUT2D eigenvalue weighted by Crippen LogP contribution is 2.49. The van der Waals surface area contributed by atoms with Crippen LogP contribution in [0.15, 0.2) is 36.9 Å². The first-order valence-electron chi connectivity index (χ1n) is 6.97. The second kappa shape index (κ2) is 5.09. The Morgan fingerprint density at radius 3 is 2.48 bits per heavy atom. The van der Waals surface area contributed by atoms with Crippen LogP contribution in [-0.4, -0.2) is 30.6 Å². The van der Waals surface area contributed by atoms with Gasteiger partial charge in [-0.3, -0.25) is 0 Å². The predicted octanol–water partition coefficient (Wildman–Crippen LogP) is 1.98. The number of halogens is 1. The lowest BCUT2D eigenvalue weighted by Gasteiger charge is -2.42. The van der Waals surface area contributed by atoms with Crippen molar-refractivity contribution in [1.82, 2.24) is 14.8 Å². The third-order valence-electron chi connectivity index (χ3n) is 4.39. The second-order valence-electron chi connectivity index (χ2n) is 5.88. The van der Waals surface area contributed by atoms with E-state index in [9.17, 15) is 10.2 Å². The van der Waals surface area contributed by atoms with Crippen molar-refractivity contribution in [2.45, 2.75) is 37.5 Å². The highest BCUT2D eigenvalue weighted by Gasteiger charge is 2.55. The molecule has 0 bridgehead atoms. The molecular weight excluding hydrogens is 290 g/mol. The number of rotatable bonds is 5. The molecule has 3 rings (SSSR count). The molecule has 5 nitrogen and oxygen atoms in total. The summed E-state index contributed by atoms with van der Waals surface area (Å²) in [7, 11) is 0. The Labute approximate surface area is 128 Å². The van der Waals surface area contributed by atoms with Gasteiger partial charge in [0.05, 0.1) is 12.1 Å². The van der Waals surface area contributed by atoms with Crippen molar-refractivity contribution in [3.63, 3.8) is 0 Å². The summed E-state index contributed by atoms with van der Waals surface area (Å²) in [5.41, 5.74) is -2.07. The van der Waals surface area contributed by atoms with Crippen LogP contribution < -0.4 is 0 Å². The number of aromatic nitrogens is 3. The first kappa shape index (κ1) is 14.5. The second-order valence-corrected chi connectivity index (χ2v) is 6.32. The van der Waals surface area contributed by atoms with Crippen molar-refractivity contribution < 1.29 is 10.2 Å². The molecule has 1 heterocycles. The van der Waals surface area contributed by atoms with E-state index in [1.165, 1.54) is 17.3 Å². The van der Waals surface area contributed by atoms with Crippen molar-refractivity contribution in [1.29, 1.82) is 0 Å². The Kier molecular flexibility index (Phi) is 3.51. The molecule has 0 unspecified atom stereocenters. The molecule has 1 aliphatic rings. The van der Waals surface area contributed by atoms with E-state index in [-0.39, 0.29) is 12.5 Å². The van der Waals surface area contributed by atoms with Gasteiger partial charge in [0, 0.05) is 5.02 Å². The lowest BCUT2D eigenvalue weighted by Crippen LogP contribution is -2.54. The Bertz CT molecular complexity index is 608. The molecule has 2 N–H and O–H groups in total. The Balaban J connectivity index is 2.03. The number of hydrogen-bond donors (Lipinski definition) is 2. The van der Waals surface area contributed by atoms with E-state index in [2.05, 4.69) is 10.1 Å². The molecule has 0 amide bonds. The molecule has 1 aliphatic carbocycles. The molecule has 21 heavy (non-hydrogen) atoms. The van der Waals surface area contributed by atoms with E-state index < -0.39 is 11.2 Å². The molecule has 0 spiro atoms. The molecule has 0 radical (unpaired) electrons. The largest absolute Gasteiger partial charge is 0.386 e. The number of nitrogens with zero attached hydrogens (tertiary/aromatic N) is 3. The minimum Gasteiger partial charge on any atom is -0.386 e. The summed E-state index contributed by atoms with van der Waals surface area (Å²) >= 11 is 5.92. The maximum absolute atomic E-state index is 11.3. The monoisotopic (exact) mass is 307 g/mol. The van der Waals surface area contributed by atoms with Crippen LogP contribution in [0.4, 0.5) is 0 Å². The van der Waals surface area contributed by atoms with Crippen LogP contribution >= 0.6 is 11.6 Å². The van der Waals surface area contributed by atoms with Gasteiger partial charge in [0.1, 0.15) is 18.3 Å². The normalized spacial score (nSPS) is 20.8. The fourth-order valence-electron chi connectivity index (χ4n) is 2.80. The van der Waals surface area contributed by atoms with Crippen LogP contribution in [0.3, 0.4) is 0 Å². The molecule has 112 valence electrons. The van der Waals surface area contributed by atoms with E-state index in [0.717, 1.165) is 12.8 Å². The Morgan fingerprint density at radius 1 is 1.29 bits per heavy atom. The van der Waals surface area contributed by atoms with Crippen LogP contribution in [0.25, 0.3) is 0 Å². The van der Waals surface area contributed by atoms with Crippen LogP contribution in [0.2, 0.25) is 5.02 Å². The van der Waals surface area contributed by atoms with Crippen molar-refractivity contribution >= 4 is 11.6 Å². The first-order valence-corrected chi connectivity index (χ1v) is 7.34. The van der Waals surface area contributed by atoms with E-state index in [1.54, 1.807) is 31.2 Å². The maximum atomic E-state index is 11.3. The van der Waals surface area contributed by atoms with Crippen LogP contribution in [-0.2, 0) is 12.1 Å². The average Bonchev–Trinajstić information content (AvgIpc) is 3.20. The van der Waals surface area contributed by atoms with Gasteiger partial charge < -0.3 is 10.2 Å². The summed E-state index contributed by atoms with van der Waals surface area (Å²) < 4.78 is 1.53. The van der Waals surface area contributed by atoms with E-state index in [1.807, 2.05) is 0 Å². The lowest BCUT2D eigenvalue weighted by molar-refractivity contribution is -0.170. The van der Waals surface area contributed by atoms with Gasteiger partial charge in [-0.2, -0.15) is 5.10 Å². The van der Waals surface area contributed by atoms with Gasteiger partial charge in [-0.1, -0.05) is 23.7 Å². The van der Waals surface area contributed by atoms with Gasteiger partial charge in [-0.15, -0.1) is 0 Å². The van der Waals surface area contributed by atoms with E-state index >= 15 is 0 Å². The molecule has 0 saturated heterocycles. The molecule has 1 aromatic carbocycles. The van der Waals surface area contributed by atoms with Crippen molar-refractivity contribution in [3.05, 3.63) is 47.5 Å². The number of hydrogen-bond acceptors (Lipinski definition) is 4. The number of benzene rings is 1. The summed E-state index contributed by atoms with van der Waals surface area (Å²) in [6, 6.07) is 6.92. The summed E-state index contributed by atoms with van der Waals surface area (Å²) in [6.45, 7) is 1.83. The van der Waals surface area contributed by atoms with E-state index in [4.69, 9.17) is 11.6 Å². The van der Waals surface area contributed by atoms with Gasteiger partial charge in [0.25, 0.3) is 0 Å². The van der Waals surface area contributed by atoms with Crippen molar-refractivity contribution in [2.24, 2.45) is 5.92 Å². The van der Waals surface area contributed by atoms with Gasteiger partial charge in [-0.05, 0) is 43.4 Å². The van der Waals surface area contributed by atoms with Crippen LogP contribution in [0, 0.1) is 5.92 Å². The quantitative estimate of drug-likeness (QED) is 0.886. The summed E-state index contributed by atoms with van der Waals surface area (Å²) in [5, 5.41) is 26.9. The van der Waals surface area contributed by atoms with Crippen LogP contribution in [0.5, 0.6) is 0 Å². The van der Waals surface area contributed by atoms with Crippen LogP contribution in [0.1, 0.15) is 25.3 Å². The van der Waals surface area contributed by atoms with Gasteiger partial charge in [0.15, 0.2) is 0 Å². The van der Waals surface area contributed by atoms with Crippen molar-refractivity contribution in [3.8, 4) is 0 Å². The highest BCUT2D eigenvalue weighted by molar-refractivity contribution is 6.30. The van der Waals surface area contributed by atoms with Crippen molar-refractivity contribution in [2.75, 3.05) is 0 Å². The fourth-order valence-corrected chi connectivity index (χ4v) is 2.93. The summed E-state index contributed by atoms with van der Waals surface area (Å²) in [6.07, 6.45) is 4.78. The lowest BCUT2D eigenvalue weighted by atomic mass is 9.75. The van der Waals surface area contributed by atoms with E-state index in [0.29, 0.717) is 10.6 Å². The molecule has 2 atom stereocenters. The maximum Gasteiger partial charge on any atom is 0.138 e. The zero-order chi connectivity index (χ0) is 15.1. The highest BCUT2D eigenvalue weighted by atomic mass is 35.5. The molecule has 0 aliphatic heterocycles. The predicted molar refractivity (Wildman–Crippen MR) is 78.7 cm³/mol. The minimum absolute atomic E-state index is 0.0849. The average molecular weight is 308 g/mol. The summed E-state index contributed by atoms with van der Waals surface area (Å²) in [5.74, 6) is 0.0849. The van der Waals surface area contributed by atoms with Gasteiger partial charge >= 0.3 is 0 Å². The molecule has 1 saturated carbocycles. The molecule has 2 aromatic rings. The Hall–Kier alpha value is -1.43. The minimum atomic E-state index is -1.45. The first-order chi connectivity index (χ1) is 9.93. The molecule has 6 heteroatoms. The number of aliphatic hydroxyl groups is 2. The van der Waals surface area contributed by atoms with Gasteiger partial charge in [-0.25, -0.2) is 9.67 Å². The third-order valence-corrected chi connectivity index (χ3v) is 4.64.